The molecule has 0 spiro atoms. The van der Waals surface area contributed by atoms with E-state index in [9.17, 15) is 9.59 Å². The predicted molar refractivity (Wildman–Crippen MR) is 203 cm³/mol. The first kappa shape index (κ1) is 40.6. The van der Waals surface area contributed by atoms with Gasteiger partial charge < -0.3 is 10.6 Å². The van der Waals surface area contributed by atoms with Gasteiger partial charge in [-0.25, -0.2) is 0 Å². The van der Waals surface area contributed by atoms with Crippen molar-refractivity contribution >= 4 is 57.0 Å². The largest absolute Gasteiger partial charge is 0.354 e. The number of halogens is 2. The maximum Gasteiger partial charge on any atom is 0.242 e. The second kappa shape index (κ2) is 29.1. The molecule has 1 aromatic carbocycles. The molecule has 0 aliphatic rings. The first-order chi connectivity index (χ1) is 21.0. The molecule has 1 aromatic rings. The Morgan fingerprint density at radius 3 is 1.42 bits per heavy atom. The summed E-state index contributed by atoms with van der Waals surface area (Å²) in [6.45, 7) is 5.22. The van der Waals surface area contributed by atoms with E-state index in [4.69, 9.17) is 0 Å². The molecule has 1 unspecified atom stereocenters. The van der Waals surface area contributed by atoms with Gasteiger partial charge in [-0.05, 0) is 81.8 Å². The zero-order valence-electron chi connectivity index (χ0n) is 27.8. The summed E-state index contributed by atoms with van der Waals surface area (Å²) in [5.41, 5.74) is 1.09. The van der Waals surface area contributed by atoms with Crippen molar-refractivity contribution in [1.29, 1.82) is 0 Å². The molecule has 6 heteroatoms. The summed E-state index contributed by atoms with van der Waals surface area (Å²) in [5.74, 6) is -0.0500. The molecule has 43 heavy (non-hydrogen) atoms. The van der Waals surface area contributed by atoms with E-state index >= 15 is 0 Å². The highest BCUT2D eigenvalue weighted by molar-refractivity contribution is 14.1. The summed E-state index contributed by atoms with van der Waals surface area (Å²) in [6, 6.07) is 5.83. The summed E-state index contributed by atoms with van der Waals surface area (Å²) in [4.78, 5) is 26.0. The van der Waals surface area contributed by atoms with Crippen LogP contribution in [0.3, 0.4) is 0 Å². The zero-order valence-corrected chi connectivity index (χ0v) is 32.1. The van der Waals surface area contributed by atoms with E-state index in [0.717, 1.165) is 38.4 Å². The van der Waals surface area contributed by atoms with Crippen molar-refractivity contribution < 1.29 is 9.59 Å². The first-order valence-electron chi connectivity index (χ1n) is 18.0. The van der Waals surface area contributed by atoms with Crippen LogP contribution in [0.2, 0.25) is 0 Å². The van der Waals surface area contributed by atoms with Crippen molar-refractivity contribution in [3.8, 4) is 0 Å². The molecule has 0 fully saturated rings. The molecule has 0 aliphatic heterocycles. The fourth-order valence-corrected chi connectivity index (χ4v) is 7.76. The predicted octanol–water partition coefficient (Wildman–Crippen LogP) is 11.4. The summed E-state index contributed by atoms with van der Waals surface area (Å²) < 4.78 is 2.31. The lowest BCUT2D eigenvalue weighted by Gasteiger charge is -2.19. The molecule has 0 bridgehead atoms. The normalized spacial score (nSPS) is 11.9. The smallest absolute Gasteiger partial charge is 0.242 e. The lowest BCUT2D eigenvalue weighted by molar-refractivity contribution is -0.129. The number of benzene rings is 1. The third-order valence-electron chi connectivity index (χ3n) is 8.35. The fourth-order valence-electron chi connectivity index (χ4n) is 5.69. The van der Waals surface area contributed by atoms with Crippen LogP contribution in [-0.4, -0.2) is 24.4 Å². The van der Waals surface area contributed by atoms with Gasteiger partial charge in [0.1, 0.15) is 6.04 Å². The molecule has 2 N–H and O–H groups in total. The number of unbranched alkanes of at least 4 members (excludes halogenated alkanes) is 21. The van der Waals surface area contributed by atoms with Gasteiger partial charge in [0.2, 0.25) is 11.8 Å². The molecule has 4 nitrogen and oxygen atoms in total. The fraction of sp³-hybridized carbons (Fsp3) is 0.784. The monoisotopic (exact) mass is 822 g/mol. The molecular weight excluding hydrogens is 758 g/mol. The van der Waals surface area contributed by atoms with Crippen LogP contribution in [0.1, 0.15) is 174 Å². The lowest BCUT2D eigenvalue weighted by atomic mass is 10.0. The van der Waals surface area contributed by atoms with Gasteiger partial charge in [0.15, 0.2) is 0 Å². The average Bonchev–Trinajstić information content (AvgIpc) is 2.97. The van der Waals surface area contributed by atoms with Gasteiger partial charge in [-0.1, -0.05) is 149 Å². The second-order valence-corrected chi connectivity index (χ2v) is 15.1. The van der Waals surface area contributed by atoms with Crippen molar-refractivity contribution in [3.63, 3.8) is 0 Å². The van der Waals surface area contributed by atoms with Crippen LogP contribution in [0.5, 0.6) is 0 Å². The first-order valence-corrected chi connectivity index (χ1v) is 20.1. The van der Waals surface area contributed by atoms with Crippen molar-refractivity contribution in [2.75, 3.05) is 6.54 Å². The topological polar surface area (TPSA) is 58.2 Å². The molecule has 0 saturated heterocycles. The van der Waals surface area contributed by atoms with Crippen molar-refractivity contribution in [3.05, 3.63) is 30.9 Å². The van der Waals surface area contributed by atoms with E-state index < -0.39 is 6.04 Å². The maximum absolute atomic E-state index is 13.2. The second-order valence-electron chi connectivity index (χ2n) is 12.6. The summed E-state index contributed by atoms with van der Waals surface area (Å²) in [6.07, 6.45) is 30.6. The minimum Gasteiger partial charge on any atom is -0.354 e. The van der Waals surface area contributed by atoms with Crippen LogP contribution in [0.4, 0.5) is 0 Å². The van der Waals surface area contributed by atoms with Crippen molar-refractivity contribution in [2.45, 2.75) is 180 Å². The molecule has 0 saturated carbocycles. The third kappa shape index (κ3) is 24.5. The van der Waals surface area contributed by atoms with Gasteiger partial charge in [0.25, 0.3) is 0 Å². The molecule has 248 valence electrons. The highest BCUT2D eigenvalue weighted by atomic mass is 127. The zero-order chi connectivity index (χ0) is 31.4. The van der Waals surface area contributed by atoms with Crippen LogP contribution in [0.15, 0.2) is 18.2 Å². The van der Waals surface area contributed by atoms with Crippen molar-refractivity contribution in [1.82, 2.24) is 10.6 Å². The Labute approximate surface area is 293 Å². The molecule has 0 heterocycles. The van der Waals surface area contributed by atoms with Gasteiger partial charge in [0, 0.05) is 26.5 Å². The van der Waals surface area contributed by atoms with Crippen LogP contribution in [0, 0.1) is 7.14 Å². The summed E-state index contributed by atoms with van der Waals surface area (Å²) in [7, 11) is 0. The number of hydrogen-bond acceptors (Lipinski definition) is 2. The Morgan fingerprint density at radius 1 is 0.581 bits per heavy atom. The Kier molecular flexibility index (Phi) is 27.5. The number of carbonyl (C=O) groups excluding carboxylic acids is 2. The maximum atomic E-state index is 13.2. The molecule has 1 rings (SSSR count). The van der Waals surface area contributed by atoms with E-state index in [-0.39, 0.29) is 11.8 Å². The van der Waals surface area contributed by atoms with Crippen LogP contribution < -0.4 is 10.6 Å². The number of carbonyl (C=O) groups is 2. The number of amides is 2. The molecule has 1 atom stereocenters. The van der Waals surface area contributed by atoms with Gasteiger partial charge >= 0.3 is 0 Å². The summed E-state index contributed by atoms with van der Waals surface area (Å²) in [5, 5.41) is 6.21. The van der Waals surface area contributed by atoms with Gasteiger partial charge in [-0.3, -0.25) is 9.59 Å². The molecule has 0 aromatic heterocycles. The van der Waals surface area contributed by atoms with Crippen LogP contribution in [-0.2, 0) is 16.0 Å². The van der Waals surface area contributed by atoms with Crippen LogP contribution >= 0.6 is 45.2 Å². The Hall–Kier alpha value is -0.380. The highest BCUT2D eigenvalue weighted by Gasteiger charge is 2.21. The van der Waals surface area contributed by atoms with Crippen LogP contribution in [0.25, 0.3) is 0 Å². The highest BCUT2D eigenvalue weighted by Crippen LogP contribution is 2.17. The van der Waals surface area contributed by atoms with E-state index in [1.165, 1.54) is 122 Å². The van der Waals surface area contributed by atoms with Gasteiger partial charge in [-0.15, -0.1) is 0 Å². The van der Waals surface area contributed by atoms with E-state index in [2.05, 4.69) is 87.9 Å². The third-order valence-corrected chi connectivity index (χ3v) is 9.60. The Bertz CT molecular complexity index is 813. The number of hydrogen-bond donors (Lipinski definition) is 2. The van der Waals surface area contributed by atoms with Gasteiger partial charge in [-0.2, -0.15) is 0 Å². The van der Waals surface area contributed by atoms with E-state index in [1.54, 1.807) is 0 Å². The number of rotatable bonds is 29. The minimum atomic E-state index is -0.522. The van der Waals surface area contributed by atoms with Crippen molar-refractivity contribution in [2.24, 2.45) is 0 Å². The molecule has 0 aliphatic carbocycles. The quantitative estimate of drug-likeness (QED) is 0.0625. The SMILES string of the molecule is CCCCCCCCCCCCCCNC(=O)C(Cc1cc(I)cc(I)c1)NC(=O)CCCCCCCCCCCCC. The number of nitrogens with one attached hydrogen (secondary N) is 2. The minimum absolute atomic E-state index is 0.00163. The average molecular weight is 823 g/mol. The lowest BCUT2D eigenvalue weighted by Crippen LogP contribution is -2.48. The van der Waals surface area contributed by atoms with Gasteiger partial charge in [0.05, 0.1) is 0 Å². The summed E-state index contributed by atoms with van der Waals surface area (Å²) >= 11 is 4.64. The Balaban J connectivity index is 2.31. The Morgan fingerprint density at radius 2 is 0.977 bits per heavy atom. The molecule has 0 radical (unpaired) electrons. The molecule has 2 amide bonds. The van der Waals surface area contributed by atoms with E-state index in [0.29, 0.717) is 19.4 Å². The van der Waals surface area contributed by atoms with E-state index in [1.807, 2.05) is 0 Å². The standard InChI is InChI=1S/C37H64I2N2O2/c1-3-5-7-9-11-13-15-17-19-21-23-25-27-40-37(43)35(30-32-28-33(38)31-34(39)29-32)41-36(42)26-24-22-20-18-16-14-12-10-8-6-4-2/h28-29,31,35H,3-27,30H2,1-2H3,(H,40,43)(H,41,42). The molecular formula is C37H64I2N2O2.